The molecule has 0 saturated heterocycles. The molecule has 0 aliphatic carbocycles. The molecule has 2 aromatic carbocycles. The lowest BCUT2D eigenvalue weighted by atomic mass is 10.2. The summed E-state index contributed by atoms with van der Waals surface area (Å²) < 4.78 is 0. The summed E-state index contributed by atoms with van der Waals surface area (Å²) in [5, 5.41) is 0. The predicted molar refractivity (Wildman–Crippen MR) is 70.3 cm³/mol. The Kier molecular flexibility index (Phi) is 3.96. The summed E-state index contributed by atoms with van der Waals surface area (Å²) in [6.07, 6.45) is 0.882. The van der Waals surface area contributed by atoms with E-state index in [0.717, 1.165) is 21.6 Å². The topological polar surface area (TPSA) is 43.1 Å². The Morgan fingerprint density at radius 1 is 1.00 bits per heavy atom. The number of hydrogen-bond donors (Lipinski definition) is 1. The molecular formula is C14H13NOS. The van der Waals surface area contributed by atoms with Crippen LogP contribution in [0, 0.1) is 0 Å². The minimum Gasteiger partial charge on any atom is -0.326 e. The normalized spacial score (nSPS) is 10.2. The summed E-state index contributed by atoms with van der Waals surface area (Å²) in [4.78, 5) is 13.0. The van der Waals surface area contributed by atoms with Gasteiger partial charge in [-0.15, -0.1) is 0 Å². The molecule has 0 spiro atoms. The lowest BCUT2D eigenvalue weighted by Gasteiger charge is -2.08. The molecule has 17 heavy (non-hydrogen) atoms. The van der Waals surface area contributed by atoms with Crippen LogP contribution in [-0.4, -0.2) is 6.29 Å². The zero-order valence-electron chi connectivity index (χ0n) is 9.30. The molecule has 0 radical (unpaired) electrons. The molecule has 2 aromatic rings. The summed E-state index contributed by atoms with van der Waals surface area (Å²) in [6.45, 7) is 0.506. The van der Waals surface area contributed by atoms with Crippen LogP contribution in [0.1, 0.15) is 15.9 Å². The minimum atomic E-state index is 0.506. The molecule has 2 rings (SSSR count). The van der Waals surface area contributed by atoms with Crippen molar-refractivity contribution in [3.8, 4) is 0 Å². The number of carbonyl (C=O) groups is 1. The van der Waals surface area contributed by atoms with Gasteiger partial charge in [-0.1, -0.05) is 48.2 Å². The number of nitrogens with two attached hydrogens (primary N) is 1. The lowest BCUT2D eigenvalue weighted by molar-refractivity contribution is 0.112. The Morgan fingerprint density at radius 3 is 2.35 bits per heavy atom. The molecule has 0 heterocycles. The van der Waals surface area contributed by atoms with Crippen LogP contribution in [0.5, 0.6) is 0 Å². The van der Waals surface area contributed by atoms with E-state index in [-0.39, 0.29) is 0 Å². The number of hydrogen-bond acceptors (Lipinski definition) is 3. The average molecular weight is 243 g/mol. The van der Waals surface area contributed by atoms with Crippen molar-refractivity contribution in [3.05, 3.63) is 59.7 Å². The molecule has 86 valence electrons. The predicted octanol–water partition coefficient (Wildman–Crippen LogP) is 3.11. The largest absolute Gasteiger partial charge is 0.326 e. The van der Waals surface area contributed by atoms with E-state index in [0.29, 0.717) is 12.1 Å². The highest BCUT2D eigenvalue weighted by Crippen LogP contribution is 2.31. The number of aldehydes is 1. The van der Waals surface area contributed by atoms with Gasteiger partial charge in [0.2, 0.25) is 0 Å². The highest BCUT2D eigenvalue weighted by atomic mass is 32.2. The van der Waals surface area contributed by atoms with Gasteiger partial charge in [0, 0.05) is 21.9 Å². The van der Waals surface area contributed by atoms with E-state index in [2.05, 4.69) is 0 Å². The van der Waals surface area contributed by atoms with E-state index in [9.17, 15) is 4.79 Å². The van der Waals surface area contributed by atoms with Gasteiger partial charge in [-0.3, -0.25) is 4.79 Å². The quantitative estimate of drug-likeness (QED) is 0.839. The second kappa shape index (κ2) is 5.66. The van der Waals surface area contributed by atoms with E-state index >= 15 is 0 Å². The Balaban J connectivity index is 2.34. The van der Waals surface area contributed by atoms with Crippen molar-refractivity contribution in [1.29, 1.82) is 0 Å². The van der Waals surface area contributed by atoms with E-state index in [4.69, 9.17) is 5.73 Å². The molecule has 2 N–H and O–H groups in total. The van der Waals surface area contributed by atoms with E-state index < -0.39 is 0 Å². The van der Waals surface area contributed by atoms with Crippen LogP contribution in [0.2, 0.25) is 0 Å². The second-order valence-electron chi connectivity index (χ2n) is 3.57. The van der Waals surface area contributed by atoms with Crippen LogP contribution in [-0.2, 0) is 6.54 Å². The summed E-state index contributed by atoms with van der Waals surface area (Å²) in [5.41, 5.74) is 7.50. The first-order valence-electron chi connectivity index (χ1n) is 5.35. The Bertz CT molecular complexity index is 525. The molecule has 0 saturated carbocycles. The van der Waals surface area contributed by atoms with Gasteiger partial charge in [0.25, 0.3) is 0 Å². The Hall–Kier alpha value is -1.58. The first-order chi connectivity index (χ1) is 8.35. The maximum absolute atomic E-state index is 10.9. The maximum atomic E-state index is 10.9. The molecular weight excluding hydrogens is 230 g/mol. The number of benzene rings is 2. The zero-order valence-corrected chi connectivity index (χ0v) is 10.1. The maximum Gasteiger partial charge on any atom is 0.151 e. The van der Waals surface area contributed by atoms with Crippen molar-refractivity contribution < 1.29 is 4.79 Å². The van der Waals surface area contributed by atoms with Gasteiger partial charge in [-0.25, -0.2) is 0 Å². The monoisotopic (exact) mass is 243 g/mol. The lowest BCUT2D eigenvalue weighted by Crippen LogP contribution is -1.98. The summed E-state index contributed by atoms with van der Waals surface area (Å²) in [5.74, 6) is 0. The van der Waals surface area contributed by atoms with Gasteiger partial charge >= 0.3 is 0 Å². The summed E-state index contributed by atoms with van der Waals surface area (Å²) >= 11 is 1.58. The number of rotatable bonds is 4. The van der Waals surface area contributed by atoms with Gasteiger partial charge < -0.3 is 5.73 Å². The standard InChI is InChI=1S/C14H13NOS/c15-9-11-5-1-3-7-13(11)17-14-8-4-2-6-12(14)10-16/h1-8,10H,9,15H2. The highest BCUT2D eigenvalue weighted by molar-refractivity contribution is 7.99. The fourth-order valence-corrected chi connectivity index (χ4v) is 2.61. The smallest absolute Gasteiger partial charge is 0.151 e. The van der Waals surface area contributed by atoms with Crippen LogP contribution >= 0.6 is 11.8 Å². The molecule has 2 nitrogen and oxygen atoms in total. The highest BCUT2D eigenvalue weighted by Gasteiger charge is 2.05. The van der Waals surface area contributed by atoms with Crippen molar-refractivity contribution in [3.63, 3.8) is 0 Å². The van der Waals surface area contributed by atoms with Gasteiger partial charge in [0.05, 0.1) is 0 Å². The third-order valence-corrected chi connectivity index (χ3v) is 3.67. The molecule has 0 aromatic heterocycles. The van der Waals surface area contributed by atoms with Crippen molar-refractivity contribution in [2.24, 2.45) is 5.73 Å². The Labute approximate surface area is 105 Å². The van der Waals surface area contributed by atoms with Crippen molar-refractivity contribution in [2.45, 2.75) is 16.3 Å². The van der Waals surface area contributed by atoms with Gasteiger partial charge in [0.15, 0.2) is 6.29 Å². The first kappa shape index (κ1) is 11.9. The molecule has 0 atom stereocenters. The van der Waals surface area contributed by atoms with Gasteiger partial charge in [-0.05, 0) is 17.7 Å². The van der Waals surface area contributed by atoms with Crippen LogP contribution in [0.3, 0.4) is 0 Å². The van der Waals surface area contributed by atoms with E-state index in [1.165, 1.54) is 0 Å². The molecule has 0 aliphatic rings. The van der Waals surface area contributed by atoms with Gasteiger partial charge in [-0.2, -0.15) is 0 Å². The Morgan fingerprint density at radius 2 is 1.65 bits per heavy atom. The van der Waals surface area contributed by atoms with Crippen LogP contribution in [0.15, 0.2) is 58.3 Å². The van der Waals surface area contributed by atoms with Crippen molar-refractivity contribution in [1.82, 2.24) is 0 Å². The van der Waals surface area contributed by atoms with Crippen molar-refractivity contribution >= 4 is 18.0 Å². The summed E-state index contributed by atoms with van der Waals surface area (Å²) in [6, 6.07) is 15.5. The third-order valence-electron chi connectivity index (χ3n) is 2.46. The molecule has 0 unspecified atom stereocenters. The van der Waals surface area contributed by atoms with Crippen LogP contribution < -0.4 is 5.73 Å². The average Bonchev–Trinajstić information content (AvgIpc) is 2.40. The molecule has 3 heteroatoms. The second-order valence-corrected chi connectivity index (χ2v) is 4.65. The molecule has 0 aliphatic heterocycles. The molecule has 0 fully saturated rings. The fourth-order valence-electron chi connectivity index (χ4n) is 1.56. The fraction of sp³-hybridized carbons (Fsp3) is 0.0714. The minimum absolute atomic E-state index is 0.506. The van der Waals surface area contributed by atoms with Gasteiger partial charge in [0.1, 0.15) is 0 Å². The third kappa shape index (κ3) is 2.75. The SMILES string of the molecule is NCc1ccccc1Sc1ccccc1C=O. The van der Waals surface area contributed by atoms with Crippen LogP contribution in [0.25, 0.3) is 0 Å². The van der Waals surface area contributed by atoms with Crippen molar-refractivity contribution in [2.75, 3.05) is 0 Å². The summed E-state index contributed by atoms with van der Waals surface area (Å²) in [7, 11) is 0. The molecule has 0 bridgehead atoms. The van der Waals surface area contributed by atoms with Crippen LogP contribution in [0.4, 0.5) is 0 Å². The number of carbonyl (C=O) groups excluding carboxylic acids is 1. The zero-order chi connectivity index (χ0) is 12.1. The first-order valence-corrected chi connectivity index (χ1v) is 6.17. The molecule has 0 amide bonds. The van der Waals surface area contributed by atoms with E-state index in [1.807, 2.05) is 48.5 Å². The van der Waals surface area contributed by atoms with E-state index in [1.54, 1.807) is 11.8 Å².